The molecule has 0 radical (unpaired) electrons. The summed E-state index contributed by atoms with van der Waals surface area (Å²) < 4.78 is 31.6. The highest BCUT2D eigenvalue weighted by molar-refractivity contribution is 6.13. The average Bonchev–Trinajstić information content (AvgIpc) is 2.83. The first-order chi connectivity index (χ1) is 10.5. The van der Waals surface area contributed by atoms with Gasteiger partial charge in [-0.1, -0.05) is 18.2 Å². The Morgan fingerprint density at radius 2 is 1.91 bits per heavy atom. The van der Waals surface area contributed by atoms with Crippen LogP contribution in [0, 0.1) is 18.6 Å². The molecule has 0 atom stereocenters. The third-order valence-corrected chi connectivity index (χ3v) is 3.25. The minimum Gasteiger partial charge on any atom is -0.402 e. The predicted octanol–water partition coefficient (Wildman–Crippen LogP) is 3.62. The summed E-state index contributed by atoms with van der Waals surface area (Å²) in [7, 11) is 0. The van der Waals surface area contributed by atoms with E-state index in [-0.39, 0.29) is 17.2 Å². The first-order valence-corrected chi connectivity index (χ1v) is 6.58. The van der Waals surface area contributed by atoms with Crippen LogP contribution >= 0.6 is 0 Å². The van der Waals surface area contributed by atoms with E-state index in [0.29, 0.717) is 5.56 Å². The number of hydrogen-bond acceptors (Lipinski definition) is 3. The molecular weight excluding hydrogens is 288 g/mol. The Morgan fingerprint density at radius 3 is 2.64 bits per heavy atom. The van der Waals surface area contributed by atoms with Crippen LogP contribution in [0.3, 0.4) is 0 Å². The second kappa shape index (κ2) is 5.52. The van der Waals surface area contributed by atoms with Gasteiger partial charge in [-0.2, -0.15) is 0 Å². The van der Waals surface area contributed by atoms with Crippen molar-refractivity contribution in [3.05, 3.63) is 76.5 Å². The van der Waals surface area contributed by atoms with Crippen LogP contribution < -0.4 is 0 Å². The Labute approximate surface area is 125 Å². The lowest BCUT2D eigenvalue weighted by Crippen LogP contribution is -2.06. The number of rotatable bonds is 2. The third-order valence-electron chi connectivity index (χ3n) is 3.25. The van der Waals surface area contributed by atoms with E-state index in [1.54, 1.807) is 12.1 Å². The molecule has 110 valence electrons. The first kappa shape index (κ1) is 14.1. The quantitative estimate of drug-likeness (QED) is 0.627. The molecule has 0 aliphatic carbocycles. The molecule has 0 aromatic heterocycles. The lowest BCUT2D eigenvalue weighted by atomic mass is 10.1. The van der Waals surface area contributed by atoms with Crippen LogP contribution in [-0.2, 0) is 9.53 Å². The highest BCUT2D eigenvalue weighted by Crippen LogP contribution is 2.22. The van der Waals surface area contributed by atoms with E-state index in [4.69, 9.17) is 4.74 Å². The number of aryl methyl sites for hydroxylation is 1. The molecule has 2 aromatic rings. The van der Waals surface area contributed by atoms with Crippen LogP contribution in [0.5, 0.6) is 0 Å². The Hall–Kier alpha value is -2.82. The van der Waals surface area contributed by atoms with Gasteiger partial charge in [-0.3, -0.25) is 0 Å². The number of ether oxygens (including phenoxy) is 1. The molecule has 0 saturated heterocycles. The topological polar surface area (TPSA) is 38.7 Å². The summed E-state index contributed by atoms with van der Waals surface area (Å²) >= 11 is 0. The van der Waals surface area contributed by atoms with Crippen molar-refractivity contribution in [2.24, 2.45) is 4.99 Å². The van der Waals surface area contributed by atoms with Gasteiger partial charge in [0.15, 0.2) is 5.70 Å². The monoisotopic (exact) mass is 299 g/mol. The number of carbonyl (C=O) groups is 1. The van der Waals surface area contributed by atoms with Crippen LogP contribution in [0.15, 0.2) is 53.2 Å². The third kappa shape index (κ3) is 2.65. The number of cyclic esters (lactones) is 1. The van der Waals surface area contributed by atoms with Gasteiger partial charge >= 0.3 is 5.97 Å². The first-order valence-electron chi connectivity index (χ1n) is 6.58. The Bertz CT molecular complexity index is 825. The molecule has 3 rings (SSSR count). The van der Waals surface area contributed by atoms with Gasteiger partial charge in [0.25, 0.3) is 0 Å². The maximum absolute atomic E-state index is 13.6. The van der Waals surface area contributed by atoms with Gasteiger partial charge < -0.3 is 4.74 Å². The normalized spacial score (nSPS) is 15.9. The zero-order chi connectivity index (χ0) is 15.7. The lowest BCUT2D eigenvalue weighted by molar-refractivity contribution is -0.129. The number of esters is 1. The van der Waals surface area contributed by atoms with E-state index in [2.05, 4.69) is 4.99 Å². The van der Waals surface area contributed by atoms with Crippen LogP contribution in [0.4, 0.5) is 8.78 Å². The summed E-state index contributed by atoms with van der Waals surface area (Å²) in [5, 5.41) is 0. The minimum atomic E-state index is -0.764. The molecule has 0 spiro atoms. The highest BCUT2D eigenvalue weighted by Gasteiger charge is 2.25. The van der Waals surface area contributed by atoms with Crippen molar-refractivity contribution in [2.75, 3.05) is 0 Å². The van der Waals surface area contributed by atoms with E-state index in [1.807, 2.05) is 19.1 Å². The molecule has 0 unspecified atom stereocenters. The molecule has 3 nitrogen and oxygen atoms in total. The van der Waals surface area contributed by atoms with Crippen molar-refractivity contribution in [1.29, 1.82) is 0 Å². The second-order valence-electron chi connectivity index (χ2n) is 4.82. The molecule has 2 aromatic carbocycles. The SMILES string of the molecule is Cc1ccccc1C1=N/C(=C\c2ccc(F)cc2F)C(=O)O1. The van der Waals surface area contributed by atoms with Crippen molar-refractivity contribution in [2.45, 2.75) is 6.92 Å². The fourth-order valence-electron chi connectivity index (χ4n) is 2.10. The second-order valence-corrected chi connectivity index (χ2v) is 4.82. The molecule has 1 aliphatic rings. The summed E-state index contributed by atoms with van der Waals surface area (Å²) in [6.07, 6.45) is 1.24. The summed E-state index contributed by atoms with van der Waals surface area (Å²) in [5.74, 6) is -1.93. The number of halogens is 2. The summed E-state index contributed by atoms with van der Waals surface area (Å²) in [5.41, 5.74) is 1.65. The maximum Gasteiger partial charge on any atom is 0.363 e. The van der Waals surface area contributed by atoms with Gasteiger partial charge in [-0.05, 0) is 36.8 Å². The zero-order valence-electron chi connectivity index (χ0n) is 11.6. The number of hydrogen-bond donors (Lipinski definition) is 0. The number of aliphatic imine (C=N–C) groups is 1. The summed E-state index contributed by atoms with van der Waals surface area (Å²) in [4.78, 5) is 16.0. The lowest BCUT2D eigenvalue weighted by Gasteiger charge is -2.02. The number of benzene rings is 2. The van der Waals surface area contributed by atoms with E-state index in [9.17, 15) is 13.6 Å². The van der Waals surface area contributed by atoms with Gasteiger partial charge in [0, 0.05) is 17.2 Å². The Balaban J connectivity index is 2.00. The van der Waals surface area contributed by atoms with E-state index >= 15 is 0 Å². The molecule has 0 N–H and O–H groups in total. The van der Waals surface area contributed by atoms with Gasteiger partial charge in [0.1, 0.15) is 11.6 Å². The average molecular weight is 299 g/mol. The van der Waals surface area contributed by atoms with Crippen molar-refractivity contribution in [3.63, 3.8) is 0 Å². The van der Waals surface area contributed by atoms with Gasteiger partial charge in [0.2, 0.25) is 5.90 Å². The van der Waals surface area contributed by atoms with Crippen molar-refractivity contribution >= 4 is 17.9 Å². The number of nitrogens with zero attached hydrogens (tertiary/aromatic N) is 1. The molecule has 5 heteroatoms. The fourth-order valence-corrected chi connectivity index (χ4v) is 2.10. The maximum atomic E-state index is 13.6. The van der Waals surface area contributed by atoms with Crippen LogP contribution in [0.2, 0.25) is 0 Å². The van der Waals surface area contributed by atoms with Crippen LogP contribution in [0.25, 0.3) is 6.08 Å². The van der Waals surface area contributed by atoms with E-state index in [0.717, 1.165) is 17.7 Å². The zero-order valence-corrected chi connectivity index (χ0v) is 11.6. The molecule has 0 fully saturated rings. The van der Waals surface area contributed by atoms with Crippen molar-refractivity contribution in [1.82, 2.24) is 0 Å². The summed E-state index contributed by atoms with van der Waals surface area (Å²) in [6.45, 7) is 1.87. The molecule has 0 saturated carbocycles. The fraction of sp³-hybridized carbons (Fsp3) is 0.0588. The Morgan fingerprint density at radius 1 is 1.14 bits per heavy atom. The smallest absolute Gasteiger partial charge is 0.363 e. The van der Waals surface area contributed by atoms with Crippen molar-refractivity contribution in [3.8, 4) is 0 Å². The van der Waals surface area contributed by atoms with Gasteiger partial charge in [0.05, 0.1) is 0 Å². The van der Waals surface area contributed by atoms with Crippen LogP contribution in [-0.4, -0.2) is 11.9 Å². The molecule has 0 bridgehead atoms. The summed E-state index contributed by atoms with van der Waals surface area (Å²) in [6, 6.07) is 10.4. The number of carbonyl (C=O) groups excluding carboxylic acids is 1. The van der Waals surface area contributed by atoms with Gasteiger partial charge in [-0.25, -0.2) is 18.6 Å². The standard InChI is InChI=1S/C17H11F2NO2/c1-10-4-2-3-5-13(10)16-20-15(17(21)22-16)8-11-6-7-12(18)9-14(11)19/h2-9H,1H3/b15-8-. The molecule has 22 heavy (non-hydrogen) atoms. The molecule has 1 heterocycles. The largest absolute Gasteiger partial charge is 0.402 e. The predicted molar refractivity (Wildman–Crippen MR) is 78.1 cm³/mol. The van der Waals surface area contributed by atoms with Crippen LogP contribution in [0.1, 0.15) is 16.7 Å². The van der Waals surface area contributed by atoms with Crippen molar-refractivity contribution < 1.29 is 18.3 Å². The van der Waals surface area contributed by atoms with E-state index in [1.165, 1.54) is 12.1 Å². The minimum absolute atomic E-state index is 0.0243. The highest BCUT2D eigenvalue weighted by atomic mass is 19.1. The Kier molecular flexibility index (Phi) is 3.55. The molecule has 0 amide bonds. The van der Waals surface area contributed by atoms with Gasteiger partial charge in [-0.15, -0.1) is 0 Å². The molecular formula is C17H11F2NO2. The van der Waals surface area contributed by atoms with E-state index < -0.39 is 17.6 Å². The molecule has 1 aliphatic heterocycles.